The molecule has 2 aromatic heterocycles. The molecule has 2 rings (SSSR count). The van der Waals surface area contributed by atoms with Gasteiger partial charge in [-0.1, -0.05) is 0 Å². The van der Waals surface area contributed by atoms with E-state index >= 15 is 0 Å². The summed E-state index contributed by atoms with van der Waals surface area (Å²) in [5.41, 5.74) is 5.77. The highest BCUT2D eigenvalue weighted by Crippen LogP contribution is 2.07. The molecule has 0 bridgehead atoms. The molecule has 2 heterocycles. The van der Waals surface area contributed by atoms with E-state index in [2.05, 4.69) is 20.4 Å². The predicted octanol–water partition coefficient (Wildman–Crippen LogP) is -0.441. The Morgan fingerprint density at radius 2 is 2.38 bits per heavy atom. The van der Waals surface area contributed by atoms with Crippen molar-refractivity contribution in [3.05, 3.63) is 31.0 Å². The molecule has 7 nitrogen and oxygen atoms in total. The van der Waals surface area contributed by atoms with Crippen LogP contribution in [0.2, 0.25) is 0 Å². The second-order valence-corrected chi connectivity index (χ2v) is 3.00. The first-order valence-electron chi connectivity index (χ1n) is 4.60. The standard InChI is InChI=1S/C9H10N6O/c10-3-9(16)14-7-1-2-8(12-4-7)15-6-11-5-13-15/h1-2,4-6H,3,10H2,(H,14,16). The lowest BCUT2D eigenvalue weighted by molar-refractivity contribution is -0.114. The summed E-state index contributed by atoms with van der Waals surface area (Å²) in [6.45, 7) is -0.0508. The largest absolute Gasteiger partial charge is 0.324 e. The molecule has 16 heavy (non-hydrogen) atoms. The van der Waals surface area contributed by atoms with Gasteiger partial charge >= 0.3 is 0 Å². The molecule has 3 N–H and O–H groups in total. The van der Waals surface area contributed by atoms with Gasteiger partial charge in [0.1, 0.15) is 12.7 Å². The summed E-state index contributed by atoms with van der Waals surface area (Å²) in [6, 6.07) is 3.44. The molecule has 0 aliphatic carbocycles. The van der Waals surface area contributed by atoms with Crippen molar-refractivity contribution >= 4 is 11.6 Å². The smallest absolute Gasteiger partial charge is 0.238 e. The zero-order chi connectivity index (χ0) is 11.4. The van der Waals surface area contributed by atoms with Gasteiger partial charge in [-0.25, -0.2) is 14.6 Å². The van der Waals surface area contributed by atoms with E-state index < -0.39 is 0 Å². The minimum absolute atomic E-state index is 0.0508. The van der Waals surface area contributed by atoms with Crippen LogP contribution in [0.4, 0.5) is 5.69 Å². The third-order valence-corrected chi connectivity index (χ3v) is 1.87. The molecule has 0 atom stereocenters. The highest BCUT2D eigenvalue weighted by molar-refractivity contribution is 5.91. The van der Waals surface area contributed by atoms with Crippen LogP contribution in [0.3, 0.4) is 0 Å². The Morgan fingerprint density at radius 3 is 2.94 bits per heavy atom. The van der Waals surface area contributed by atoms with Crippen LogP contribution in [0.1, 0.15) is 0 Å². The minimum atomic E-state index is -0.254. The molecule has 2 aromatic rings. The van der Waals surface area contributed by atoms with Gasteiger partial charge in [-0.3, -0.25) is 4.79 Å². The summed E-state index contributed by atoms with van der Waals surface area (Å²) in [5, 5.41) is 6.52. The van der Waals surface area contributed by atoms with Crippen molar-refractivity contribution in [1.82, 2.24) is 19.7 Å². The summed E-state index contributed by atoms with van der Waals surface area (Å²) in [4.78, 5) is 18.9. The fourth-order valence-electron chi connectivity index (χ4n) is 1.13. The lowest BCUT2D eigenvalue weighted by Gasteiger charge is -2.03. The molecule has 0 spiro atoms. The van der Waals surface area contributed by atoms with E-state index in [1.165, 1.54) is 17.2 Å². The van der Waals surface area contributed by atoms with Crippen LogP contribution in [-0.2, 0) is 4.79 Å². The monoisotopic (exact) mass is 218 g/mol. The first kappa shape index (κ1) is 10.2. The molecule has 7 heteroatoms. The van der Waals surface area contributed by atoms with Crippen molar-refractivity contribution in [2.24, 2.45) is 5.73 Å². The molecular weight excluding hydrogens is 208 g/mol. The number of amides is 1. The zero-order valence-electron chi connectivity index (χ0n) is 8.37. The summed E-state index contributed by atoms with van der Waals surface area (Å²) in [5.74, 6) is 0.374. The number of hydrogen-bond acceptors (Lipinski definition) is 5. The molecule has 0 saturated heterocycles. The Hall–Kier alpha value is -2.28. The molecular formula is C9H10N6O. The normalized spacial score (nSPS) is 10.1. The van der Waals surface area contributed by atoms with Crippen molar-refractivity contribution in [1.29, 1.82) is 0 Å². The van der Waals surface area contributed by atoms with Crippen LogP contribution in [0.25, 0.3) is 5.82 Å². The summed E-state index contributed by atoms with van der Waals surface area (Å²) < 4.78 is 1.52. The van der Waals surface area contributed by atoms with E-state index in [0.717, 1.165) is 0 Å². The first-order chi connectivity index (χ1) is 7.79. The average molecular weight is 218 g/mol. The van der Waals surface area contributed by atoms with E-state index in [1.54, 1.807) is 18.5 Å². The number of anilines is 1. The zero-order valence-corrected chi connectivity index (χ0v) is 8.37. The minimum Gasteiger partial charge on any atom is -0.324 e. The number of carbonyl (C=O) groups excluding carboxylic acids is 1. The Bertz CT molecular complexity index is 463. The molecule has 0 aromatic carbocycles. The van der Waals surface area contributed by atoms with E-state index in [9.17, 15) is 4.79 Å². The third kappa shape index (κ3) is 2.20. The molecule has 0 radical (unpaired) electrons. The van der Waals surface area contributed by atoms with Crippen molar-refractivity contribution in [3.63, 3.8) is 0 Å². The Balaban J connectivity index is 2.14. The van der Waals surface area contributed by atoms with Gasteiger partial charge in [0, 0.05) is 0 Å². The lowest BCUT2D eigenvalue weighted by atomic mass is 10.4. The third-order valence-electron chi connectivity index (χ3n) is 1.87. The van der Waals surface area contributed by atoms with E-state index in [1.807, 2.05) is 0 Å². The number of hydrogen-bond donors (Lipinski definition) is 2. The molecule has 0 fully saturated rings. The van der Waals surface area contributed by atoms with Gasteiger partial charge in [0.25, 0.3) is 0 Å². The van der Waals surface area contributed by atoms with Gasteiger partial charge < -0.3 is 11.1 Å². The summed E-state index contributed by atoms with van der Waals surface area (Å²) in [6.07, 6.45) is 4.50. The van der Waals surface area contributed by atoms with E-state index in [0.29, 0.717) is 11.5 Å². The maximum Gasteiger partial charge on any atom is 0.238 e. The first-order valence-corrected chi connectivity index (χ1v) is 4.60. The van der Waals surface area contributed by atoms with Gasteiger partial charge in [0.05, 0.1) is 18.4 Å². The maximum absolute atomic E-state index is 11.0. The fraction of sp³-hybridized carbons (Fsp3) is 0.111. The summed E-state index contributed by atoms with van der Waals surface area (Å²) >= 11 is 0. The second-order valence-electron chi connectivity index (χ2n) is 3.00. The van der Waals surface area contributed by atoms with Crippen LogP contribution in [0.15, 0.2) is 31.0 Å². The molecule has 1 amide bonds. The van der Waals surface area contributed by atoms with Crippen molar-refractivity contribution < 1.29 is 4.79 Å². The molecule has 0 unspecified atom stereocenters. The van der Waals surface area contributed by atoms with Crippen LogP contribution in [-0.4, -0.2) is 32.2 Å². The number of nitrogens with two attached hydrogens (primary N) is 1. The Morgan fingerprint density at radius 1 is 1.50 bits per heavy atom. The van der Waals surface area contributed by atoms with E-state index in [4.69, 9.17) is 5.73 Å². The van der Waals surface area contributed by atoms with Crippen molar-refractivity contribution in [3.8, 4) is 5.82 Å². The molecule has 0 saturated carbocycles. The topological polar surface area (TPSA) is 98.7 Å². The summed E-state index contributed by atoms with van der Waals surface area (Å²) in [7, 11) is 0. The van der Waals surface area contributed by atoms with E-state index in [-0.39, 0.29) is 12.5 Å². The Labute approximate surface area is 91.3 Å². The number of aromatic nitrogens is 4. The molecule has 0 aliphatic heterocycles. The van der Waals surface area contributed by atoms with Crippen molar-refractivity contribution in [2.45, 2.75) is 0 Å². The highest BCUT2D eigenvalue weighted by atomic mass is 16.1. The maximum atomic E-state index is 11.0. The fourth-order valence-corrected chi connectivity index (χ4v) is 1.13. The number of pyridine rings is 1. The van der Waals surface area contributed by atoms with Crippen molar-refractivity contribution in [2.75, 3.05) is 11.9 Å². The van der Waals surface area contributed by atoms with Crippen LogP contribution >= 0.6 is 0 Å². The average Bonchev–Trinajstić information content (AvgIpc) is 2.83. The number of rotatable bonds is 3. The lowest BCUT2D eigenvalue weighted by Crippen LogP contribution is -2.21. The van der Waals surface area contributed by atoms with Crippen LogP contribution in [0, 0.1) is 0 Å². The number of nitrogens with one attached hydrogen (secondary N) is 1. The number of carbonyl (C=O) groups is 1. The quantitative estimate of drug-likeness (QED) is 0.727. The highest BCUT2D eigenvalue weighted by Gasteiger charge is 2.01. The van der Waals surface area contributed by atoms with Gasteiger partial charge in [-0.15, -0.1) is 0 Å². The predicted molar refractivity (Wildman–Crippen MR) is 56.8 cm³/mol. The van der Waals surface area contributed by atoms with Gasteiger partial charge in [0.2, 0.25) is 5.91 Å². The van der Waals surface area contributed by atoms with Crippen LogP contribution < -0.4 is 11.1 Å². The van der Waals surface area contributed by atoms with Gasteiger partial charge in [-0.2, -0.15) is 5.10 Å². The second kappa shape index (κ2) is 4.49. The van der Waals surface area contributed by atoms with Gasteiger partial charge in [0.15, 0.2) is 5.82 Å². The molecule has 0 aliphatic rings. The Kier molecular flexibility index (Phi) is 2.88. The van der Waals surface area contributed by atoms with Gasteiger partial charge in [-0.05, 0) is 12.1 Å². The van der Waals surface area contributed by atoms with Crippen LogP contribution in [0.5, 0.6) is 0 Å². The number of nitrogens with zero attached hydrogens (tertiary/aromatic N) is 4. The SMILES string of the molecule is NCC(=O)Nc1ccc(-n2cncn2)nc1. The molecule has 82 valence electrons.